The summed E-state index contributed by atoms with van der Waals surface area (Å²) in [5.41, 5.74) is 5.74. The normalized spacial score (nSPS) is 11.9. The van der Waals surface area contributed by atoms with Crippen LogP contribution in [-0.2, 0) is 4.74 Å². The SMILES string of the molecule is COC(=O)c1ccc(NCC(C)N)nn1. The Morgan fingerprint density at radius 2 is 2.33 bits per heavy atom. The van der Waals surface area contributed by atoms with Crippen LogP contribution >= 0.6 is 0 Å². The van der Waals surface area contributed by atoms with Crippen molar-refractivity contribution in [3.05, 3.63) is 17.8 Å². The molecule has 1 aromatic rings. The van der Waals surface area contributed by atoms with E-state index in [0.29, 0.717) is 12.4 Å². The van der Waals surface area contributed by atoms with Gasteiger partial charge in [-0.1, -0.05) is 0 Å². The Morgan fingerprint density at radius 3 is 2.80 bits per heavy atom. The molecule has 82 valence electrons. The minimum atomic E-state index is -0.499. The van der Waals surface area contributed by atoms with E-state index in [0.717, 1.165) is 0 Å². The molecule has 0 aliphatic carbocycles. The Morgan fingerprint density at radius 1 is 1.60 bits per heavy atom. The van der Waals surface area contributed by atoms with Crippen molar-refractivity contribution in [2.45, 2.75) is 13.0 Å². The highest BCUT2D eigenvalue weighted by Gasteiger charge is 2.07. The standard InChI is InChI=1S/C9H14N4O2/c1-6(10)5-11-8-4-3-7(12-13-8)9(14)15-2/h3-4,6H,5,10H2,1-2H3,(H,11,13). The van der Waals surface area contributed by atoms with Gasteiger partial charge in [-0.25, -0.2) is 4.79 Å². The van der Waals surface area contributed by atoms with Gasteiger partial charge >= 0.3 is 5.97 Å². The number of esters is 1. The number of ether oxygens (including phenoxy) is 1. The molecule has 1 atom stereocenters. The predicted octanol–water partition coefficient (Wildman–Crippen LogP) is 0.0223. The van der Waals surface area contributed by atoms with Crippen molar-refractivity contribution in [3.63, 3.8) is 0 Å². The number of nitrogens with two attached hydrogens (primary N) is 1. The molecule has 0 aromatic carbocycles. The molecule has 1 unspecified atom stereocenters. The molecule has 6 heteroatoms. The molecule has 3 N–H and O–H groups in total. The zero-order valence-corrected chi connectivity index (χ0v) is 8.73. The van der Waals surface area contributed by atoms with Crippen molar-refractivity contribution >= 4 is 11.8 Å². The lowest BCUT2D eigenvalue weighted by atomic mass is 10.3. The third kappa shape index (κ3) is 3.51. The molecule has 0 aliphatic rings. The molecule has 0 amide bonds. The van der Waals surface area contributed by atoms with Gasteiger partial charge in [0, 0.05) is 12.6 Å². The molecule has 1 aromatic heterocycles. The number of carbonyl (C=O) groups excluding carboxylic acids is 1. The van der Waals surface area contributed by atoms with E-state index in [-0.39, 0.29) is 11.7 Å². The second-order valence-electron chi connectivity index (χ2n) is 3.15. The van der Waals surface area contributed by atoms with Gasteiger partial charge in [-0.2, -0.15) is 0 Å². The van der Waals surface area contributed by atoms with Crippen LogP contribution in [0.4, 0.5) is 5.82 Å². The number of nitrogens with zero attached hydrogens (tertiary/aromatic N) is 2. The zero-order valence-electron chi connectivity index (χ0n) is 8.73. The van der Waals surface area contributed by atoms with E-state index < -0.39 is 5.97 Å². The van der Waals surface area contributed by atoms with Crippen LogP contribution in [0.2, 0.25) is 0 Å². The molecule has 0 fully saturated rings. The average Bonchev–Trinajstić information content (AvgIpc) is 2.26. The van der Waals surface area contributed by atoms with Crippen LogP contribution in [0, 0.1) is 0 Å². The number of carbonyl (C=O) groups is 1. The lowest BCUT2D eigenvalue weighted by Gasteiger charge is -2.07. The van der Waals surface area contributed by atoms with Gasteiger partial charge in [0.05, 0.1) is 7.11 Å². The Kier molecular flexibility index (Phi) is 3.99. The molecule has 0 spiro atoms. The van der Waals surface area contributed by atoms with E-state index in [2.05, 4.69) is 20.3 Å². The summed E-state index contributed by atoms with van der Waals surface area (Å²) < 4.78 is 4.49. The molecule has 0 bridgehead atoms. The first-order valence-corrected chi connectivity index (χ1v) is 4.55. The summed E-state index contributed by atoms with van der Waals surface area (Å²) in [6.45, 7) is 2.48. The average molecular weight is 210 g/mol. The van der Waals surface area contributed by atoms with Crippen molar-refractivity contribution in [2.75, 3.05) is 19.0 Å². The number of hydrogen-bond acceptors (Lipinski definition) is 6. The van der Waals surface area contributed by atoms with Gasteiger partial charge in [-0.3, -0.25) is 0 Å². The Hall–Kier alpha value is -1.69. The van der Waals surface area contributed by atoms with E-state index in [4.69, 9.17) is 5.73 Å². The van der Waals surface area contributed by atoms with Crippen LogP contribution in [0.5, 0.6) is 0 Å². The highest BCUT2D eigenvalue weighted by atomic mass is 16.5. The molecule has 0 radical (unpaired) electrons. The summed E-state index contributed by atoms with van der Waals surface area (Å²) in [6.07, 6.45) is 0. The third-order valence-corrected chi connectivity index (χ3v) is 1.66. The molecule has 0 saturated carbocycles. The highest BCUT2D eigenvalue weighted by molar-refractivity contribution is 5.86. The van der Waals surface area contributed by atoms with Crippen molar-refractivity contribution in [3.8, 4) is 0 Å². The Balaban J connectivity index is 2.60. The van der Waals surface area contributed by atoms with E-state index in [1.807, 2.05) is 6.92 Å². The number of nitrogens with one attached hydrogen (secondary N) is 1. The van der Waals surface area contributed by atoms with Gasteiger partial charge in [0.1, 0.15) is 5.82 Å². The van der Waals surface area contributed by atoms with Gasteiger partial charge in [0.2, 0.25) is 0 Å². The number of anilines is 1. The first kappa shape index (κ1) is 11.4. The van der Waals surface area contributed by atoms with E-state index in [1.165, 1.54) is 7.11 Å². The predicted molar refractivity (Wildman–Crippen MR) is 55.5 cm³/mol. The fourth-order valence-electron chi connectivity index (χ4n) is 0.906. The molecule has 15 heavy (non-hydrogen) atoms. The smallest absolute Gasteiger partial charge is 0.358 e. The monoisotopic (exact) mass is 210 g/mol. The van der Waals surface area contributed by atoms with Crippen LogP contribution in [0.1, 0.15) is 17.4 Å². The second-order valence-corrected chi connectivity index (χ2v) is 3.15. The summed E-state index contributed by atoms with van der Waals surface area (Å²) in [5.74, 6) is 0.0844. The van der Waals surface area contributed by atoms with Crippen LogP contribution in [0.3, 0.4) is 0 Å². The second kappa shape index (κ2) is 5.26. The largest absolute Gasteiger partial charge is 0.464 e. The van der Waals surface area contributed by atoms with Gasteiger partial charge in [-0.05, 0) is 19.1 Å². The molecule has 1 heterocycles. The maximum absolute atomic E-state index is 11.0. The molecular weight excluding hydrogens is 196 g/mol. The minimum absolute atomic E-state index is 0.0343. The third-order valence-electron chi connectivity index (χ3n) is 1.66. The van der Waals surface area contributed by atoms with Crippen LogP contribution < -0.4 is 11.1 Å². The van der Waals surface area contributed by atoms with E-state index in [9.17, 15) is 4.79 Å². The van der Waals surface area contributed by atoms with Crippen molar-refractivity contribution in [2.24, 2.45) is 5.73 Å². The Labute approximate surface area is 87.8 Å². The number of rotatable bonds is 4. The lowest BCUT2D eigenvalue weighted by Crippen LogP contribution is -2.25. The molecule has 1 rings (SSSR count). The fraction of sp³-hybridized carbons (Fsp3) is 0.444. The zero-order chi connectivity index (χ0) is 11.3. The fourth-order valence-corrected chi connectivity index (χ4v) is 0.906. The minimum Gasteiger partial charge on any atom is -0.464 e. The van der Waals surface area contributed by atoms with Crippen molar-refractivity contribution in [1.29, 1.82) is 0 Å². The van der Waals surface area contributed by atoms with Crippen LogP contribution in [0.15, 0.2) is 12.1 Å². The quantitative estimate of drug-likeness (QED) is 0.681. The molecule has 6 nitrogen and oxygen atoms in total. The number of methoxy groups -OCH3 is 1. The maximum Gasteiger partial charge on any atom is 0.358 e. The molecule has 0 aliphatic heterocycles. The Bertz CT molecular complexity index is 323. The van der Waals surface area contributed by atoms with Crippen LogP contribution in [0.25, 0.3) is 0 Å². The highest BCUT2D eigenvalue weighted by Crippen LogP contribution is 2.02. The summed E-state index contributed by atoms with van der Waals surface area (Å²) >= 11 is 0. The first-order chi connectivity index (χ1) is 7.13. The van der Waals surface area contributed by atoms with E-state index in [1.54, 1.807) is 12.1 Å². The molecule has 0 saturated heterocycles. The summed E-state index contributed by atoms with van der Waals surface area (Å²) in [5, 5.41) is 10.5. The lowest BCUT2D eigenvalue weighted by molar-refractivity contribution is 0.0593. The number of hydrogen-bond donors (Lipinski definition) is 2. The first-order valence-electron chi connectivity index (χ1n) is 4.55. The van der Waals surface area contributed by atoms with Gasteiger partial charge in [-0.15, -0.1) is 10.2 Å². The summed E-state index contributed by atoms with van der Waals surface area (Å²) in [6, 6.07) is 3.23. The van der Waals surface area contributed by atoms with Gasteiger partial charge in [0.15, 0.2) is 5.69 Å². The number of aromatic nitrogens is 2. The van der Waals surface area contributed by atoms with E-state index >= 15 is 0 Å². The van der Waals surface area contributed by atoms with Crippen molar-refractivity contribution in [1.82, 2.24) is 10.2 Å². The summed E-state index contributed by atoms with van der Waals surface area (Å²) in [7, 11) is 1.30. The topological polar surface area (TPSA) is 90.1 Å². The van der Waals surface area contributed by atoms with Gasteiger partial charge in [0.25, 0.3) is 0 Å². The van der Waals surface area contributed by atoms with Crippen LogP contribution in [-0.4, -0.2) is 35.9 Å². The van der Waals surface area contributed by atoms with Gasteiger partial charge < -0.3 is 15.8 Å². The maximum atomic E-state index is 11.0. The summed E-state index contributed by atoms with van der Waals surface area (Å²) in [4.78, 5) is 11.0. The molecular formula is C9H14N4O2. The van der Waals surface area contributed by atoms with Crippen molar-refractivity contribution < 1.29 is 9.53 Å².